The van der Waals surface area contributed by atoms with Gasteiger partial charge in [-0.2, -0.15) is 0 Å². The first-order valence-corrected chi connectivity index (χ1v) is 11.2. The van der Waals surface area contributed by atoms with Crippen LogP contribution in [-0.4, -0.2) is 14.8 Å². The van der Waals surface area contributed by atoms with Gasteiger partial charge in [0.1, 0.15) is 17.5 Å². The first-order chi connectivity index (χ1) is 14.9. The van der Waals surface area contributed by atoms with Crippen LogP contribution in [0.3, 0.4) is 0 Å². The lowest BCUT2D eigenvalue weighted by molar-refractivity contribution is 0.626. The van der Waals surface area contributed by atoms with Gasteiger partial charge >= 0.3 is 0 Å². The summed E-state index contributed by atoms with van der Waals surface area (Å²) in [4.78, 5) is 0. The molecule has 0 radical (unpaired) electrons. The van der Waals surface area contributed by atoms with Gasteiger partial charge in [0.15, 0.2) is 5.16 Å². The molecule has 4 rings (SSSR count). The van der Waals surface area contributed by atoms with E-state index >= 15 is 0 Å². The third-order valence-corrected chi connectivity index (χ3v) is 6.66. The minimum atomic E-state index is -0.472. The predicted molar refractivity (Wildman–Crippen MR) is 122 cm³/mol. The van der Waals surface area contributed by atoms with Crippen molar-refractivity contribution >= 4 is 46.6 Å². The number of nitrogens with zero attached hydrogens (tertiary/aromatic N) is 3. The monoisotopic (exact) mass is 495 g/mol. The largest absolute Gasteiger partial charge is 0.274 e. The van der Waals surface area contributed by atoms with Gasteiger partial charge < -0.3 is 0 Å². The van der Waals surface area contributed by atoms with Crippen molar-refractivity contribution in [3.63, 3.8) is 0 Å². The number of halogens is 5. The molecule has 0 saturated carbocycles. The summed E-state index contributed by atoms with van der Waals surface area (Å²) in [5.41, 5.74) is 2.25. The Labute approximate surface area is 197 Å². The Morgan fingerprint density at radius 2 is 1.65 bits per heavy atom. The predicted octanol–water partition coefficient (Wildman–Crippen LogP) is 7.39. The van der Waals surface area contributed by atoms with Crippen LogP contribution in [0.25, 0.3) is 5.69 Å². The van der Waals surface area contributed by atoms with Gasteiger partial charge in [-0.15, -0.1) is 10.2 Å². The minimum absolute atomic E-state index is 0.0823. The van der Waals surface area contributed by atoms with Crippen LogP contribution in [0, 0.1) is 11.6 Å². The Balaban J connectivity index is 1.68. The summed E-state index contributed by atoms with van der Waals surface area (Å²) < 4.78 is 29.1. The van der Waals surface area contributed by atoms with E-state index in [0.717, 1.165) is 5.56 Å². The summed E-state index contributed by atoms with van der Waals surface area (Å²) in [7, 11) is 0. The number of hydrogen-bond acceptors (Lipinski definition) is 3. The number of rotatable bonds is 6. The fourth-order valence-corrected chi connectivity index (χ4v) is 4.55. The SMILES string of the molecule is Fc1ccc(-n2c(Cc3ccc(Cl)c(Cl)c3)nnc2SCc2cccc(F)c2Cl)cc1. The van der Waals surface area contributed by atoms with Crippen molar-refractivity contribution in [2.24, 2.45) is 0 Å². The van der Waals surface area contributed by atoms with Crippen molar-refractivity contribution < 1.29 is 8.78 Å². The Morgan fingerprint density at radius 3 is 2.39 bits per heavy atom. The number of hydrogen-bond donors (Lipinski definition) is 0. The highest BCUT2D eigenvalue weighted by atomic mass is 35.5. The van der Waals surface area contributed by atoms with E-state index in [1.807, 2.05) is 10.6 Å². The van der Waals surface area contributed by atoms with Crippen LogP contribution in [-0.2, 0) is 12.2 Å². The maximum Gasteiger partial charge on any atom is 0.196 e. The zero-order valence-electron chi connectivity index (χ0n) is 15.8. The molecule has 0 amide bonds. The molecule has 0 N–H and O–H groups in total. The van der Waals surface area contributed by atoms with Gasteiger partial charge in [-0.25, -0.2) is 8.78 Å². The van der Waals surface area contributed by atoms with Crippen LogP contribution in [0.15, 0.2) is 65.8 Å². The van der Waals surface area contributed by atoms with Crippen molar-refractivity contribution in [3.05, 3.63) is 104 Å². The second-order valence-electron chi connectivity index (χ2n) is 6.64. The maximum atomic E-state index is 13.8. The summed E-state index contributed by atoms with van der Waals surface area (Å²) in [6.45, 7) is 0. The quantitative estimate of drug-likeness (QED) is 0.261. The first-order valence-electron chi connectivity index (χ1n) is 9.12. The van der Waals surface area contributed by atoms with Gasteiger partial charge in [-0.3, -0.25) is 4.57 Å². The van der Waals surface area contributed by atoms with E-state index in [-0.39, 0.29) is 10.8 Å². The van der Waals surface area contributed by atoms with Gasteiger partial charge in [0.2, 0.25) is 0 Å². The highest BCUT2D eigenvalue weighted by molar-refractivity contribution is 7.98. The molecule has 0 spiro atoms. The topological polar surface area (TPSA) is 30.7 Å². The summed E-state index contributed by atoms with van der Waals surface area (Å²) in [6.07, 6.45) is 0.433. The summed E-state index contributed by atoms with van der Waals surface area (Å²) in [5.74, 6) is 0.212. The Bertz CT molecular complexity index is 1230. The van der Waals surface area contributed by atoms with E-state index in [1.54, 1.807) is 36.4 Å². The molecule has 1 heterocycles. The maximum absolute atomic E-state index is 13.8. The normalized spacial score (nSPS) is 11.1. The van der Waals surface area contributed by atoms with Gasteiger partial charge in [-0.1, -0.05) is 64.8 Å². The average molecular weight is 497 g/mol. The van der Waals surface area contributed by atoms with E-state index in [9.17, 15) is 8.78 Å². The molecule has 0 aliphatic carbocycles. The molecule has 9 heteroatoms. The molecule has 3 aromatic carbocycles. The van der Waals surface area contributed by atoms with Gasteiger partial charge in [0, 0.05) is 17.9 Å². The van der Waals surface area contributed by atoms with Crippen LogP contribution in [0.5, 0.6) is 0 Å². The number of benzene rings is 3. The van der Waals surface area contributed by atoms with E-state index in [0.29, 0.717) is 44.5 Å². The molecule has 4 aromatic rings. The van der Waals surface area contributed by atoms with E-state index < -0.39 is 5.82 Å². The van der Waals surface area contributed by atoms with Crippen molar-refractivity contribution in [1.29, 1.82) is 0 Å². The minimum Gasteiger partial charge on any atom is -0.274 e. The molecule has 1 aromatic heterocycles. The standard InChI is InChI=1S/C22H14Cl3F2N3S/c23-17-9-4-13(10-18(17)24)11-20-28-29-22(30(20)16-7-5-15(26)6-8-16)31-12-14-2-1-3-19(27)21(14)25/h1-10H,11-12H2. The summed E-state index contributed by atoms with van der Waals surface area (Å²) in [5, 5.41) is 10.2. The van der Waals surface area contributed by atoms with Crippen LogP contribution in [0.1, 0.15) is 17.0 Å². The molecule has 0 fully saturated rings. The zero-order valence-corrected chi connectivity index (χ0v) is 18.9. The number of aromatic nitrogens is 3. The fourth-order valence-electron chi connectivity index (χ4n) is 2.99. The third kappa shape index (κ3) is 5.04. The summed E-state index contributed by atoms with van der Waals surface area (Å²) >= 11 is 19.6. The lowest BCUT2D eigenvalue weighted by Gasteiger charge is -2.11. The van der Waals surface area contributed by atoms with E-state index in [4.69, 9.17) is 34.8 Å². The van der Waals surface area contributed by atoms with Crippen LogP contribution >= 0.6 is 46.6 Å². The molecular weight excluding hydrogens is 483 g/mol. The fraction of sp³-hybridized carbons (Fsp3) is 0.0909. The van der Waals surface area contributed by atoms with Crippen LogP contribution in [0.4, 0.5) is 8.78 Å². The van der Waals surface area contributed by atoms with Crippen molar-refractivity contribution in [3.8, 4) is 5.69 Å². The van der Waals surface area contributed by atoms with Crippen molar-refractivity contribution in [2.45, 2.75) is 17.3 Å². The highest BCUT2D eigenvalue weighted by Gasteiger charge is 2.17. The van der Waals surface area contributed by atoms with Gasteiger partial charge in [0.25, 0.3) is 0 Å². The molecular formula is C22H14Cl3F2N3S. The highest BCUT2D eigenvalue weighted by Crippen LogP contribution is 2.30. The van der Waals surface area contributed by atoms with E-state index in [1.165, 1.54) is 30.0 Å². The van der Waals surface area contributed by atoms with Gasteiger partial charge in [0.05, 0.1) is 15.1 Å². The lowest BCUT2D eigenvalue weighted by Crippen LogP contribution is -2.04. The number of thioether (sulfide) groups is 1. The third-order valence-electron chi connectivity index (χ3n) is 4.52. The molecule has 158 valence electrons. The zero-order chi connectivity index (χ0) is 22.0. The molecule has 31 heavy (non-hydrogen) atoms. The van der Waals surface area contributed by atoms with Gasteiger partial charge in [-0.05, 0) is 53.6 Å². The Hall–Kier alpha value is -2.12. The Morgan fingerprint density at radius 1 is 0.871 bits per heavy atom. The second kappa shape index (κ2) is 9.57. The molecule has 0 bridgehead atoms. The Kier molecular flexibility index (Phi) is 6.82. The average Bonchev–Trinajstić information content (AvgIpc) is 3.15. The van der Waals surface area contributed by atoms with Crippen LogP contribution < -0.4 is 0 Å². The molecule has 0 aliphatic rings. The smallest absolute Gasteiger partial charge is 0.196 e. The molecule has 3 nitrogen and oxygen atoms in total. The summed E-state index contributed by atoms with van der Waals surface area (Å²) in [6, 6.07) is 16.1. The van der Waals surface area contributed by atoms with Crippen molar-refractivity contribution in [1.82, 2.24) is 14.8 Å². The molecule has 0 saturated heterocycles. The molecule has 0 atom stereocenters. The van der Waals surface area contributed by atoms with Crippen molar-refractivity contribution in [2.75, 3.05) is 0 Å². The van der Waals surface area contributed by atoms with Crippen LogP contribution in [0.2, 0.25) is 15.1 Å². The van der Waals surface area contributed by atoms with E-state index in [2.05, 4.69) is 10.2 Å². The lowest BCUT2D eigenvalue weighted by atomic mass is 10.1. The first kappa shape index (κ1) is 22.1. The molecule has 0 aliphatic heterocycles. The molecule has 0 unspecified atom stereocenters. The second-order valence-corrected chi connectivity index (χ2v) is 8.77.